The van der Waals surface area contributed by atoms with Gasteiger partial charge in [-0.15, -0.1) is 0 Å². The molecule has 0 aliphatic heterocycles. The molecule has 3 rings (SSSR count). The fraction of sp³-hybridized carbons (Fsp3) is 0.286. The Hall–Kier alpha value is -2.62. The van der Waals surface area contributed by atoms with Crippen LogP contribution in [-0.4, -0.2) is 17.2 Å². The zero-order valence-electron chi connectivity index (χ0n) is 14.8. The first kappa shape index (κ1) is 17.2. The van der Waals surface area contributed by atoms with E-state index < -0.39 is 0 Å². The Bertz CT molecular complexity index is 854. The van der Waals surface area contributed by atoms with Crippen molar-refractivity contribution in [3.8, 4) is 11.5 Å². The summed E-state index contributed by atoms with van der Waals surface area (Å²) < 4.78 is 25.4. The minimum Gasteiger partial charge on any atom is -0.492 e. The zero-order chi connectivity index (χ0) is 17.9. The van der Waals surface area contributed by atoms with Gasteiger partial charge in [-0.3, -0.25) is 4.98 Å². The highest BCUT2D eigenvalue weighted by Crippen LogP contribution is 2.25. The minimum atomic E-state index is -0.336. The second kappa shape index (κ2) is 7.09. The van der Waals surface area contributed by atoms with Gasteiger partial charge in [-0.05, 0) is 56.7 Å². The summed E-state index contributed by atoms with van der Waals surface area (Å²) in [6, 6.07) is 14.7. The van der Waals surface area contributed by atoms with Gasteiger partial charge in [0.25, 0.3) is 0 Å². The van der Waals surface area contributed by atoms with Crippen molar-refractivity contribution in [2.75, 3.05) is 6.61 Å². The van der Waals surface area contributed by atoms with E-state index in [0.717, 1.165) is 17.7 Å². The van der Waals surface area contributed by atoms with E-state index in [1.807, 2.05) is 51.1 Å². The van der Waals surface area contributed by atoms with Gasteiger partial charge in [0.1, 0.15) is 28.4 Å². The molecular weight excluding hydrogens is 317 g/mol. The largest absolute Gasteiger partial charge is 0.492 e. The van der Waals surface area contributed by atoms with E-state index in [9.17, 15) is 4.39 Å². The lowest BCUT2D eigenvalue weighted by Crippen LogP contribution is -2.22. The van der Waals surface area contributed by atoms with Crippen molar-refractivity contribution >= 4 is 10.9 Å². The van der Waals surface area contributed by atoms with Crippen LogP contribution in [0.2, 0.25) is 0 Å². The van der Waals surface area contributed by atoms with Crippen molar-refractivity contribution in [2.24, 2.45) is 0 Å². The lowest BCUT2D eigenvalue weighted by atomic mass is 10.1. The molecule has 1 aromatic heterocycles. The molecule has 0 spiro atoms. The molecule has 3 nitrogen and oxygen atoms in total. The molecule has 0 bridgehead atoms. The lowest BCUT2D eigenvalue weighted by Gasteiger charge is -2.21. The number of nitrogens with zero attached hydrogens (tertiary/aromatic N) is 1. The third-order valence-electron chi connectivity index (χ3n) is 3.68. The molecule has 0 N–H and O–H groups in total. The first-order chi connectivity index (χ1) is 11.9. The average molecular weight is 339 g/mol. The number of ether oxygens (including phenoxy) is 2. The zero-order valence-corrected chi connectivity index (χ0v) is 14.8. The van der Waals surface area contributed by atoms with Crippen LogP contribution in [0.15, 0.2) is 54.7 Å². The molecule has 25 heavy (non-hydrogen) atoms. The van der Waals surface area contributed by atoms with Gasteiger partial charge < -0.3 is 9.47 Å². The number of rotatable bonds is 5. The Morgan fingerprint density at radius 3 is 2.48 bits per heavy atom. The van der Waals surface area contributed by atoms with Crippen LogP contribution >= 0.6 is 0 Å². The van der Waals surface area contributed by atoms with Gasteiger partial charge in [0, 0.05) is 18.0 Å². The molecule has 0 aliphatic rings. The standard InChI is InChI=1S/C21H22FNO2/c1-21(2,3)25-16-9-7-15(8-10-16)12-14-24-19-11-13-23-20-17(19)5-4-6-18(20)22/h4-11,13H,12,14H2,1-3H3. The second-order valence-corrected chi connectivity index (χ2v) is 6.90. The van der Waals surface area contributed by atoms with Crippen molar-refractivity contribution < 1.29 is 13.9 Å². The fourth-order valence-corrected chi connectivity index (χ4v) is 2.60. The smallest absolute Gasteiger partial charge is 0.149 e. The maximum atomic E-state index is 13.8. The normalized spacial score (nSPS) is 11.5. The molecule has 4 heteroatoms. The Balaban J connectivity index is 1.63. The van der Waals surface area contributed by atoms with E-state index in [4.69, 9.17) is 9.47 Å². The van der Waals surface area contributed by atoms with Crippen LogP contribution in [0.3, 0.4) is 0 Å². The number of halogens is 1. The molecule has 3 aromatic rings. The number of aromatic nitrogens is 1. The summed E-state index contributed by atoms with van der Waals surface area (Å²) in [6.07, 6.45) is 2.33. The Morgan fingerprint density at radius 2 is 1.76 bits per heavy atom. The molecule has 0 fully saturated rings. The Kier molecular flexibility index (Phi) is 4.88. The molecular formula is C21H22FNO2. The van der Waals surface area contributed by atoms with E-state index >= 15 is 0 Å². The van der Waals surface area contributed by atoms with Gasteiger partial charge in [0.15, 0.2) is 0 Å². The Morgan fingerprint density at radius 1 is 1.00 bits per heavy atom. The van der Waals surface area contributed by atoms with Gasteiger partial charge in [-0.25, -0.2) is 4.39 Å². The van der Waals surface area contributed by atoms with E-state index in [1.54, 1.807) is 18.3 Å². The molecule has 2 aromatic carbocycles. The van der Waals surface area contributed by atoms with Gasteiger partial charge in [0.05, 0.1) is 6.61 Å². The molecule has 0 atom stereocenters. The number of hydrogen-bond donors (Lipinski definition) is 0. The van der Waals surface area contributed by atoms with Crippen LogP contribution in [0, 0.1) is 5.82 Å². The highest BCUT2D eigenvalue weighted by atomic mass is 19.1. The van der Waals surface area contributed by atoms with Crippen LogP contribution in [-0.2, 0) is 6.42 Å². The molecule has 0 saturated heterocycles. The third-order valence-corrected chi connectivity index (χ3v) is 3.68. The molecule has 0 aliphatic carbocycles. The average Bonchev–Trinajstić information content (AvgIpc) is 2.56. The van der Waals surface area contributed by atoms with Crippen molar-refractivity contribution in [1.29, 1.82) is 0 Å². The number of hydrogen-bond acceptors (Lipinski definition) is 3. The Labute approximate surface area is 147 Å². The maximum Gasteiger partial charge on any atom is 0.149 e. The first-order valence-electron chi connectivity index (χ1n) is 8.36. The predicted molar refractivity (Wildman–Crippen MR) is 97.7 cm³/mol. The number of para-hydroxylation sites is 1. The quantitative estimate of drug-likeness (QED) is 0.642. The maximum absolute atomic E-state index is 13.8. The van der Waals surface area contributed by atoms with Crippen molar-refractivity contribution in [3.63, 3.8) is 0 Å². The van der Waals surface area contributed by atoms with Crippen LogP contribution in [0.25, 0.3) is 10.9 Å². The molecule has 0 unspecified atom stereocenters. The van der Waals surface area contributed by atoms with Crippen LogP contribution in [0.5, 0.6) is 11.5 Å². The summed E-state index contributed by atoms with van der Waals surface area (Å²) in [4.78, 5) is 4.08. The van der Waals surface area contributed by atoms with E-state index in [1.165, 1.54) is 6.07 Å². The van der Waals surface area contributed by atoms with Crippen LogP contribution in [0.4, 0.5) is 4.39 Å². The van der Waals surface area contributed by atoms with E-state index in [0.29, 0.717) is 23.3 Å². The summed E-state index contributed by atoms with van der Waals surface area (Å²) in [5.74, 6) is 1.17. The van der Waals surface area contributed by atoms with E-state index in [2.05, 4.69) is 4.98 Å². The van der Waals surface area contributed by atoms with E-state index in [-0.39, 0.29) is 11.4 Å². The highest BCUT2D eigenvalue weighted by molar-refractivity contribution is 5.85. The number of benzene rings is 2. The minimum absolute atomic E-state index is 0.206. The van der Waals surface area contributed by atoms with Gasteiger partial charge >= 0.3 is 0 Å². The van der Waals surface area contributed by atoms with Crippen molar-refractivity contribution in [1.82, 2.24) is 4.98 Å². The fourth-order valence-electron chi connectivity index (χ4n) is 2.60. The third kappa shape index (κ3) is 4.47. The SMILES string of the molecule is CC(C)(C)Oc1ccc(CCOc2ccnc3c(F)cccc23)cc1. The van der Waals surface area contributed by atoms with Gasteiger partial charge in [0.2, 0.25) is 0 Å². The monoisotopic (exact) mass is 339 g/mol. The van der Waals surface area contributed by atoms with Gasteiger partial charge in [-0.2, -0.15) is 0 Å². The van der Waals surface area contributed by atoms with Crippen molar-refractivity contribution in [2.45, 2.75) is 32.8 Å². The molecule has 0 radical (unpaired) electrons. The molecule has 0 saturated carbocycles. The summed E-state index contributed by atoms with van der Waals surface area (Å²) in [5.41, 5.74) is 1.29. The molecule has 130 valence electrons. The van der Waals surface area contributed by atoms with Gasteiger partial charge in [-0.1, -0.05) is 18.2 Å². The highest BCUT2D eigenvalue weighted by Gasteiger charge is 2.11. The summed E-state index contributed by atoms with van der Waals surface area (Å²) in [6.45, 7) is 6.58. The summed E-state index contributed by atoms with van der Waals surface area (Å²) >= 11 is 0. The molecule has 1 heterocycles. The second-order valence-electron chi connectivity index (χ2n) is 6.90. The first-order valence-corrected chi connectivity index (χ1v) is 8.36. The van der Waals surface area contributed by atoms with Crippen molar-refractivity contribution in [3.05, 3.63) is 66.1 Å². The number of pyridine rings is 1. The van der Waals surface area contributed by atoms with Crippen LogP contribution in [0.1, 0.15) is 26.3 Å². The number of fused-ring (bicyclic) bond motifs is 1. The lowest BCUT2D eigenvalue weighted by molar-refractivity contribution is 0.131. The topological polar surface area (TPSA) is 31.4 Å². The summed E-state index contributed by atoms with van der Waals surface area (Å²) in [7, 11) is 0. The van der Waals surface area contributed by atoms with Crippen LogP contribution < -0.4 is 9.47 Å². The predicted octanol–water partition coefficient (Wildman–Crippen LogP) is 5.17. The summed E-state index contributed by atoms with van der Waals surface area (Å²) in [5, 5.41) is 0.691. The molecule has 0 amide bonds.